The van der Waals surface area contributed by atoms with Crippen molar-refractivity contribution >= 4 is 46.1 Å². The van der Waals surface area contributed by atoms with E-state index in [0.29, 0.717) is 20.0 Å². The van der Waals surface area contributed by atoms with Crippen molar-refractivity contribution < 1.29 is 8.78 Å². The molecule has 0 bridgehead atoms. The van der Waals surface area contributed by atoms with Gasteiger partial charge in [0.1, 0.15) is 22.0 Å². The smallest absolute Gasteiger partial charge is 0.278 e. The average Bonchev–Trinajstić information content (AvgIpc) is 2.93. The van der Waals surface area contributed by atoms with Gasteiger partial charge < -0.3 is 4.98 Å². The van der Waals surface area contributed by atoms with Gasteiger partial charge in [-0.3, -0.25) is 13.9 Å². The summed E-state index contributed by atoms with van der Waals surface area (Å²) in [6.07, 6.45) is 0. The van der Waals surface area contributed by atoms with Crippen molar-refractivity contribution in [2.75, 3.05) is 0 Å². The van der Waals surface area contributed by atoms with Gasteiger partial charge in [-0.1, -0.05) is 23.5 Å². The van der Waals surface area contributed by atoms with E-state index in [2.05, 4.69) is 4.98 Å². The lowest BCUT2D eigenvalue weighted by molar-refractivity contribution is 0.619. The number of hydrogen-bond donors (Lipinski definition) is 1. The summed E-state index contributed by atoms with van der Waals surface area (Å²) in [7, 11) is 0. The van der Waals surface area contributed by atoms with E-state index in [1.807, 2.05) is 0 Å². The van der Waals surface area contributed by atoms with E-state index < -0.39 is 17.2 Å². The van der Waals surface area contributed by atoms with Crippen LogP contribution < -0.4 is 5.56 Å². The lowest BCUT2D eigenvalue weighted by Crippen LogP contribution is -2.20. The molecule has 0 fully saturated rings. The Morgan fingerprint density at radius 2 is 1.65 bits per heavy atom. The second kappa shape index (κ2) is 6.35. The van der Waals surface area contributed by atoms with Gasteiger partial charge >= 0.3 is 0 Å². The molecule has 0 aliphatic heterocycles. The third-order valence-corrected chi connectivity index (χ3v) is 5.46. The molecular formula is C17H9F2N3OS3. The predicted octanol–water partition coefficient (Wildman–Crippen LogP) is 4.91. The first-order valence-electron chi connectivity index (χ1n) is 7.39. The fourth-order valence-electron chi connectivity index (χ4n) is 2.66. The maximum absolute atomic E-state index is 14.2. The summed E-state index contributed by atoms with van der Waals surface area (Å²) in [5.74, 6) is -0.885. The van der Waals surface area contributed by atoms with Crippen LogP contribution in [0.15, 0.2) is 53.3 Å². The second-order valence-electron chi connectivity index (χ2n) is 5.38. The Hall–Kier alpha value is -2.49. The van der Waals surface area contributed by atoms with Crippen LogP contribution in [0.3, 0.4) is 0 Å². The van der Waals surface area contributed by atoms with Crippen LogP contribution in [-0.2, 0) is 0 Å². The van der Waals surface area contributed by atoms with Gasteiger partial charge in [0, 0.05) is 0 Å². The minimum absolute atomic E-state index is 0.104. The van der Waals surface area contributed by atoms with Gasteiger partial charge in [0.15, 0.2) is 8.73 Å². The van der Waals surface area contributed by atoms with Crippen molar-refractivity contribution in [2.24, 2.45) is 0 Å². The summed E-state index contributed by atoms with van der Waals surface area (Å²) in [5, 5.41) is 0. The number of halogens is 2. The summed E-state index contributed by atoms with van der Waals surface area (Å²) >= 11 is 11.7. The third kappa shape index (κ3) is 2.64. The lowest BCUT2D eigenvalue weighted by atomic mass is 10.3. The number of thiazole rings is 1. The number of aromatic amines is 1. The number of para-hydroxylation sites is 1. The van der Waals surface area contributed by atoms with Gasteiger partial charge in [-0.15, -0.1) is 0 Å². The molecule has 0 unspecified atom stereocenters. The highest BCUT2D eigenvalue weighted by atomic mass is 32.1. The highest BCUT2D eigenvalue weighted by Gasteiger charge is 2.16. The van der Waals surface area contributed by atoms with Gasteiger partial charge in [-0.2, -0.15) is 0 Å². The molecule has 26 heavy (non-hydrogen) atoms. The van der Waals surface area contributed by atoms with E-state index in [-0.39, 0.29) is 10.5 Å². The molecule has 0 radical (unpaired) electrons. The van der Waals surface area contributed by atoms with Crippen LogP contribution in [0.1, 0.15) is 0 Å². The number of hydrogen-bond acceptors (Lipinski definition) is 4. The predicted molar refractivity (Wildman–Crippen MR) is 103 cm³/mol. The summed E-state index contributed by atoms with van der Waals surface area (Å²) in [6.45, 7) is 0. The number of H-pyrrole nitrogens is 1. The largest absolute Gasteiger partial charge is 0.316 e. The molecule has 0 aliphatic rings. The molecule has 2 aromatic heterocycles. The highest BCUT2D eigenvalue weighted by molar-refractivity contribution is 7.73. The first-order chi connectivity index (χ1) is 12.5. The fourth-order valence-corrected chi connectivity index (χ4v) is 4.26. The zero-order valence-electron chi connectivity index (χ0n) is 12.9. The second-order valence-corrected chi connectivity index (χ2v) is 7.41. The normalized spacial score (nSPS) is 11.2. The monoisotopic (exact) mass is 405 g/mol. The zero-order valence-corrected chi connectivity index (χ0v) is 15.4. The maximum Gasteiger partial charge on any atom is 0.278 e. The Balaban J connectivity index is 2.07. The minimum Gasteiger partial charge on any atom is -0.316 e. The number of nitrogens with zero attached hydrogens (tertiary/aromatic N) is 2. The Bertz CT molecular complexity index is 1320. The van der Waals surface area contributed by atoms with Gasteiger partial charge in [0.2, 0.25) is 0 Å². The summed E-state index contributed by atoms with van der Waals surface area (Å²) in [6, 6.07) is 11.5. The first-order valence-corrected chi connectivity index (χ1v) is 9.02. The SMILES string of the molecule is O=c1c2sc(=S)n(-c3ccccc3F)c2[nH]c(=S)n1-c1ccc(F)cc1. The molecule has 2 heterocycles. The summed E-state index contributed by atoms with van der Waals surface area (Å²) in [5.41, 5.74) is 0.588. The topological polar surface area (TPSA) is 42.7 Å². The molecule has 4 nitrogen and oxygen atoms in total. The minimum atomic E-state index is -0.467. The molecule has 130 valence electrons. The standard InChI is InChI=1S/C17H9F2N3OS3/c18-9-5-7-10(8-6-9)21-15(23)13-14(20-16(21)24)22(17(25)26-13)12-4-2-1-3-11(12)19/h1-8H,(H,20,24). The molecule has 2 aromatic carbocycles. The molecule has 0 aliphatic carbocycles. The molecule has 0 spiro atoms. The fraction of sp³-hybridized carbons (Fsp3) is 0. The quantitative estimate of drug-likeness (QED) is 0.482. The van der Waals surface area contributed by atoms with Crippen LogP contribution in [0, 0.1) is 20.4 Å². The molecular weight excluding hydrogens is 396 g/mol. The third-order valence-electron chi connectivity index (χ3n) is 3.81. The number of benzene rings is 2. The Morgan fingerprint density at radius 1 is 0.962 bits per heavy atom. The van der Waals surface area contributed by atoms with Crippen LogP contribution >= 0.6 is 35.8 Å². The Morgan fingerprint density at radius 3 is 2.35 bits per heavy atom. The Kier molecular flexibility index (Phi) is 4.14. The lowest BCUT2D eigenvalue weighted by Gasteiger charge is -2.09. The molecule has 0 amide bonds. The van der Waals surface area contributed by atoms with Gasteiger partial charge in [0.05, 0.1) is 11.4 Å². The number of rotatable bonds is 2. The summed E-state index contributed by atoms with van der Waals surface area (Å²) in [4.78, 5) is 15.9. The first kappa shape index (κ1) is 17.0. The molecule has 9 heteroatoms. The van der Waals surface area contributed by atoms with Crippen LogP contribution in [0.5, 0.6) is 0 Å². The molecule has 1 N–H and O–H groups in total. The molecule has 4 aromatic rings. The van der Waals surface area contributed by atoms with E-state index >= 15 is 0 Å². The van der Waals surface area contributed by atoms with Crippen LogP contribution in [0.25, 0.3) is 21.7 Å². The van der Waals surface area contributed by atoms with Gasteiger partial charge in [-0.05, 0) is 60.8 Å². The van der Waals surface area contributed by atoms with Crippen LogP contribution in [0.2, 0.25) is 0 Å². The van der Waals surface area contributed by atoms with E-state index in [9.17, 15) is 13.6 Å². The van der Waals surface area contributed by atoms with Crippen molar-refractivity contribution in [3.8, 4) is 11.4 Å². The average molecular weight is 405 g/mol. The van der Waals surface area contributed by atoms with Gasteiger partial charge in [-0.25, -0.2) is 8.78 Å². The van der Waals surface area contributed by atoms with Crippen molar-refractivity contribution in [3.05, 3.63) is 79.2 Å². The molecule has 4 rings (SSSR count). The molecule has 0 atom stereocenters. The van der Waals surface area contributed by atoms with E-state index in [1.165, 1.54) is 39.5 Å². The van der Waals surface area contributed by atoms with Crippen molar-refractivity contribution in [3.63, 3.8) is 0 Å². The van der Waals surface area contributed by atoms with Crippen molar-refractivity contribution in [1.82, 2.24) is 14.1 Å². The molecule has 0 saturated carbocycles. The maximum atomic E-state index is 14.2. The van der Waals surface area contributed by atoms with E-state index in [0.717, 1.165) is 11.3 Å². The van der Waals surface area contributed by atoms with Crippen LogP contribution in [-0.4, -0.2) is 14.1 Å². The van der Waals surface area contributed by atoms with Crippen LogP contribution in [0.4, 0.5) is 8.78 Å². The number of nitrogens with one attached hydrogen (secondary N) is 1. The number of aromatic nitrogens is 3. The van der Waals surface area contributed by atoms with Gasteiger partial charge in [0.25, 0.3) is 5.56 Å². The van der Waals surface area contributed by atoms with Crippen molar-refractivity contribution in [2.45, 2.75) is 0 Å². The molecule has 0 saturated heterocycles. The number of fused-ring (bicyclic) bond motifs is 1. The highest BCUT2D eigenvalue weighted by Crippen LogP contribution is 2.25. The zero-order chi connectivity index (χ0) is 18.4. The van der Waals surface area contributed by atoms with Crippen molar-refractivity contribution in [1.29, 1.82) is 0 Å². The summed E-state index contributed by atoms with van der Waals surface area (Å²) < 4.78 is 30.8. The van der Waals surface area contributed by atoms with E-state index in [4.69, 9.17) is 24.4 Å². The Labute approximate surface area is 159 Å². The van der Waals surface area contributed by atoms with E-state index in [1.54, 1.807) is 18.2 Å².